The maximum atomic E-state index is 4.31. The molecule has 5 heteroatoms. The summed E-state index contributed by atoms with van der Waals surface area (Å²) in [5.41, 5.74) is 2.54. The van der Waals surface area contributed by atoms with Crippen LogP contribution in [0.25, 0.3) is 0 Å². The molecule has 0 bridgehead atoms. The highest BCUT2D eigenvalue weighted by atomic mass is 15.1. The number of piperidine rings is 1. The SMILES string of the molecule is c1ncc(CCn2cncc2C2CCCNC2)[nH]1. The molecule has 96 valence electrons. The summed E-state index contributed by atoms with van der Waals surface area (Å²) in [5, 5.41) is 3.46. The predicted octanol–water partition coefficient (Wildman–Crippen LogP) is 1.32. The second-order valence-electron chi connectivity index (χ2n) is 4.88. The van der Waals surface area contributed by atoms with E-state index in [1.54, 1.807) is 6.33 Å². The summed E-state index contributed by atoms with van der Waals surface area (Å²) >= 11 is 0. The van der Waals surface area contributed by atoms with Crippen LogP contribution in [0.5, 0.6) is 0 Å². The van der Waals surface area contributed by atoms with Crippen LogP contribution in [-0.2, 0) is 13.0 Å². The first-order chi connectivity index (χ1) is 8.93. The van der Waals surface area contributed by atoms with Gasteiger partial charge in [0.15, 0.2) is 0 Å². The Morgan fingerprint density at radius 1 is 1.33 bits per heavy atom. The third-order valence-electron chi connectivity index (χ3n) is 3.64. The molecule has 3 rings (SSSR count). The molecule has 1 aliphatic heterocycles. The Hall–Kier alpha value is -1.62. The summed E-state index contributed by atoms with van der Waals surface area (Å²) in [6, 6.07) is 0. The first-order valence-corrected chi connectivity index (χ1v) is 6.61. The fourth-order valence-electron chi connectivity index (χ4n) is 2.62. The van der Waals surface area contributed by atoms with Crippen LogP contribution in [0.4, 0.5) is 0 Å². The molecule has 1 fully saturated rings. The van der Waals surface area contributed by atoms with Crippen LogP contribution in [0.1, 0.15) is 30.1 Å². The normalized spacial score (nSPS) is 20.1. The molecular weight excluding hydrogens is 226 g/mol. The number of nitrogens with zero attached hydrogens (tertiary/aromatic N) is 3. The number of aromatic nitrogens is 4. The Bertz CT molecular complexity index is 467. The van der Waals surface area contributed by atoms with Crippen LogP contribution < -0.4 is 5.32 Å². The molecule has 0 saturated carbocycles. The van der Waals surface area contributed by atoms with E-state index in [9.17, 15) is 0 Å². The lowest BCUT2D eigenvalue weighted by atomic mass is 9.96. The van der Waals surface area contributed by atoms with Crippen LogP contribution in [0.2, 0.25) is 0 Å². The molecule has 1 saturated heterocycles. The molecule has 5 nitrogen and oxygen atoms in total. The van der Waals surface area contributed by atoms with Gasteiger partial charge in [0.05, 0.1) is 12.7 Å². The molecule has 0 aromatic carbocycles. The zero-order valence-electron chi connectivity index (χ0n) is 10.5. The van der Waals surface area contributed by atoms with Gasteiger partial charge in [0.25, 0.3) is 0 Å². The lowest BCUT2D eigenvalue weighted by Crippen LogP contribution is -2.29. The Labute approximate surface area is 107 Å². The van der Waals surface area contributed by atoms with Gasteiger partial charge >= 0.3 is 0 Å². The van der Waals surface area contributed by atoms with E-state index in [1.807, 2.05) is 18.7 Å². The van der Waals surface area contributed by atoms with Crippen molar-refractivity contribution in [3.05, 3.63) is 36.4 Å². The minimum atomic E-state index is 0.614. The van der Waals surface area contributed by atoms with Crippen LogP contribution in [-0.4, -0.2) is 32.6 Å². The molecule has 2 N–H and O–H groups in total. The van der Waals surface area contributed by atoms with Crippen molar-refractivity contribution in [1.82, 2.24) is 24.8 Å². The molecule has 1 unspecified atom stereocenters. The monoisotopic (exact) mass is 245 g/mol. The highest BCUT2D eigenvalue weighted by molar-refractivity contribution is 5.09. The van der Waals surface area contributed by atoms with E-state index in [4.69, 9.17) is 0 Å². The average Bonchev–Trinajstić information content (AvgIpc) is 3.09. The van der Waals surface area contributed by atoms with Gasteiger partial charge in [0.2, 0.25) is 0 Å². The van der Waals surface area contributed by atoms with E-state index in [2.05, 4.69) is 24.8 Å². The first-order valence-electron chi connectivity index (χ1n) is 6.61. The number of hydrogen-bond donors (Lipinski definition) is 2. The van der Waals surface area contributed by atoms with E-state index < -0.39 is 0 Å². The number of aromatic amines is 1. The first kappa shape index (κ1) is 11.5. The van der Waals surface area contributed by atoms with Gasteiger partial charge in [-0.25, -0.2) is 9.97 Å². The maximum Gasteiger partial charge on any atom is 0.0948 e. The van der Waals surface area contributed by atoms with E-state index in [0.717, 1.165) is 26.1 Å². The highest BCUT2D eigenvalue weighted by Crippen LogP contribution is 2.22. The second-order valence-corrected chi connectivity index (χ2v) is 4.88. The zero-order chi connectivity index (χ0) is 12.2. The molecule has 1 aliphatic rings. The van der Waals surface area contributed by atoms with Crippen molar-refractivity contribution >= 4 is 0 Å². The van der Waals surface area contributed by atoms with Crippen LogP contribution >= 0.6 is 0 Å². The lowest BCUT2D eigenvalue weighted by molar-refractivity contribution is 0.440. The van der Waals surface area contributed by atoms with Crippen LogP contribution in [0, 0.1) is 0 Å². The number of hydrogen-bond acceptors (Lipinski definition) is 3. The van der Waals surface area contributed by atoms with E-state index in [-0.39, 0.29) is 0 Å². The third-order valence-corrected chi connectivity index (χ3v) is 3.64. The smallest absolute Gasteiger partial charge is 0.0948 e. The quantitative estimate of drug-likeness (QED) is 0.854. The van der Waals surface area contributed by atoms with Crippen molar-refractivity contribution in [3.63, 3.8) is 0 Å². The minimum absolute atomic E-state index is 0.614. The van der Waals surface area contributed by atoms with Crippen LogP contribution in [0.15, 0.2) is 25.0 Å². The molecule has 3 heterocycles. The topological polar surface area (TPSA) is 58.5 Å². The lowest BCUT2D eigenvalue weighted by Gasteiger charge is -2.23. The average molecular weight is 245 g/mol. The molecule has 1 atom stereocenters. The fraction of sp³-hybridized carbons (Fsp3) is 0.538. The van der Waals surface area contributed by atoms with Gasteiger partial charge in [0, 0.05) is 49.2 Å². The van der Waals surface area contributed by atoms with E-state index >= 15 is 0 Å². The number of imidazole rings is 2. The van der Waals surface area contributed by atoms with Crippen molar-refractivity contribution < 1.29 is 0 Å². The summed E-state index contributed by atoms with van der Waals surface area (Å²) < 4.78 is 2.28. The van der Waals surface area contributed by atoms with Gasteiger partial charge in [-0.3, -0.25) is 0 Å². The number of aryl methyl sites for hydroxylation is 2. The van der Waals surface area contributed by atoms with Gasteiger partial charge in [-0.1, -0.05) is 0 Å². The van der Waals surface area contributed by atoms with Gasteiger partial charge in [-0.05, 0) is 19.4 Å². The van der Waals surface area contributed by atoms with Crippen molar-refractivity contribution in [2.75, 3.05) is 13.1 Å². The van der Waals surface area contributed by atoms with Crippen molar-refractivity contribution in [3.8, 4) is 0 Å². The predicted molar refractivity (Wildman–Crippen MR) is 69.4 cm³/mol. The Balaban J connectivity index is 1.67. The minimum Gasteiger partial charge on any atom is -0.348 e. The van der Waals surface area contributed by atoms with Gasteiger partial charge < -0.3 is 14.9 Å². The summed E-state index contributed by atoms with van der Waals surface area (Å²) in [7, 11) is 0. The summed E-state index contributed by atoms with van der Waals surface area (Å²) in [6.45, 7) is 3.20. The van der Waals surface area contributed by atoms with E-state index in [0.29, 0.717) is 5.92 Å². The van der Waals surface area contributed by atoms with Crippen LogP contribution in [0.3, 0.4) is 0 Å². The number of nitrogens with one attached hydrogen (secondary N) is 2. The van der Waals surface area contributed by atoms with Gasteiger partial charge in [-0.15, -0.1) is 0 Å². The second kappa shape index (κ2) is 5.35. The molecule has 2 aromatic rings. The summed E-state index contributed by atoms with van der Waals surface area (Å²) in [5.74, 6) is 0.614. The standard InChI is InChI=1S/C13H19N5/c1-2-11(6-14-4-1)13-8-16-10-18(13)5-3-12-7-15-9-17-12/h7-11,14H,1-6H2,(H,15,17). The zero-order valence-corrected chi connectivity index (χ0v) is 10.5. The van der Waals surface area contributed by atoms with Crippen molar-refractivity contribution in [1.29, 1.82) is 0 Å². The molecule has 0 aliphatic carbocycles. The molecule has 18 heavy (non-hydrogen) atoms. The number of H-pyrrole nitrogens is 1. The molecule has 0 amide bonds. The summed E-state index contributed by atoms with van der Waals surface area (Å²) in [6.07, 6.45) is 11.1. The Morgan fingerprint density at radius 2 is 2.33 bits per heavy atom. The van der Waals surface area contributed by atoms with Crippen molar-refractivity contribution in [2.45, 2.75) is 31.7 Å². The summed E-state index contributed by atoms with van der Waals surface area (Å²) in [4.78, 5) is 11.5. The van der Waals surface area contributed by atoms with Gasteiger partial charge in [-0.2, -0.15) is 0 Å². The molecule has 0 spiro atoms. The Morgan fingerprint density at radius 3 is 3.11 bits per heavy atom. The highest BCUT2D eigenvalue weighted by Gasteiger charge is 2.18. The number of rotatable bonds is 4. The van der Waals surface area contributed by atoms with Crippen molar-refractivity contribution in [2.24, 2.45) is 0 Å². The fourth-order valence-corrected chi connectivity index (χ4v) is 2.62. The molecular formula is C13H19N5. The van der Waals surface area contributed by atoms with Gasteiger partial charge in [0.1, 0.15) is 0 Å². The van der Waals surface area contributed by atoms with E-state index in [1.165, 1.54) is 24.2 Å². The Kier molecular flexibility index (Phi) is 3.41. The molecule has 0 radical (unpaired) electrons. The maximum absolute atomic E-state index is 4.31. The largest absolute Gasteiger partial charge is 0.348 e. The third kappa shape index (κ3) is 2.46. The molecule has 2 aromatic heterocycles.